The fourth-order valence-electron chi connectivity index (χ4n) is 3.25. The van der Waals surface area contributed by atoms with Crippen LogP contribution in [0.4, 0.5) is 4.39 Å². The number of carbonyl (C=O) groups is 1. The maximum atomic E-state index is 14.1. The molecule has 160 valence electrons. The molecule has 0 spiro atoms. The average Bonchev–Trinajstić information content (AvgIpc) is 3.13. The standard InChI is InChI=1S/C24H33FO3S/c1-3-4-5-6-7-8-9-10-11-12-17-28-20-15-13-19(14-16-20)23-21(25)18-22(29-23)24(26)27-2/h13-16,18H,3-12,17H2,1-2H3. The van der Waals surface area contributed by atoms with Crippen molar-refractivity contribution in [3.63, 3.8) is 0 Å². The van der Waals surface area contributed by atoms with Crippen molar-refractivity contribution in [3.8, 4) is 16.2 Å². The van der Waals surface area contributed by atoms with Crippen molar-refractivity contribution in [2.45, 2.75) is 71.1 Å². The monoisotopic (exact) mass is 420 g/mol. The molecule has 0 aliphatic carbocycles. The van der Waals surface area contributed by atoms with Crippen LogP contribution in [0.1, 0.15) is 80.8 Å². The normalized spacial score (nSPS) is 10.9. The molecule has 2 aromatic rings. The summed E-state index contributed by atoms with van der Waals surface area (Å²) in [4.78, 5) is 12.3. The van der Waals surface area contributed by atoms with Gasteiger partial charge in [0.15, 0.2) is 0 Å². The number of esters is 1. The molecule has 0 saturated heterocycles. The zero-order valence-electron chi connectivity index (χ0n) is 17.7. The number of carbonyl (C=O) groups excluding carboxylic acids is 1. The van der Waals surface area contributed by atoms with Gasteiger partial charge in [0, 0.05) is 0 Å². The van der Waals surface area contributed by atoms with Gasteiger partial charge in [0.05, 0.1) is 18.6 Å². The molecule has 3 nitrogen and oxygen atoms in total. The predicted octanol–water partition coefficient (Wildman–Crippen LogP) is 7.64. The predicted molar refractivity (Wildman–Crippen MR) is 118 cm³/mol. The Kier molecular flexibility index (Phi) is 10.8. The van der Waals surface area contributed by atoms with Crippen molar-refractivity contribution in [3.05, 3.63) is 41.0 Å². The minimum Gasteiger partial charge on any atom is -0.494 e. The van der Waals surface area contributed by atoms with Gasteiger partial charge < -0.3 is 9.47 Å². The van der Waals surface area contributed by atoms with Crippen molar-refractivity contribution < 1.29 is 18.7 Å². The maximum absolute atomic E-state index is 14.1. The summed E-state index contributed by atoms with van der Waals surface area (Å²) in [7, 11) is 1.29. The summed E-state index contributed by atoms with van der Waals surface area (Å²) in [6, 6.07) is 8.57. The summed E-state index contributed by atoms with van der Waals surface area (Å²) in [6.45, 7) is 2.96. The highest BCUT2D eigenvalue weighted by atomic mass is 32.1. The van der Waals surface area contributed by atoms with E-state index < -0.39 is 11.8 Å². The van der Waals surface area contributed by atoms with Crippen molar-refractivity contribution in [1.29, 1.82) is 0 Å². The number of benzene rings is 1. The van der Waals surface area contributed by atoms with Gasteiger partial charge in [0.1, 0.15) is 16.4 Å². The van der Waals surface area contributed by atoms with E-state index >= 15 is 0 Å². The quantitative estimate of drug-likeness (QED) is 0.233. The van der Waals surface area contributed by atoms with Gasteiger partial charge in [-0.15, -0.1) is 11.3 Å². The van der Waals surface area contributed by atoms with Crippen LogP contribution in [0.25, 0.3) is 10.4 Å². The molecule has 0 atom stereocenters. The Morgan fingerprint density at radius 1 is 0.931 bits per heavy atom. The third-order valence-electron chi connectivity index (χ3n) is 4.96. The van der Waals surface area contributed by atoms with Gasteiger partial charge in [0.25, 0.3) is 0 Å². The summed E-state index contributed by atoms with van der Waals surface area (Å²) in [5, 5.41) is 0. The van der Waals surface area contributed by atoms with Gasteiger partial charge >= 0.3 is 5.97 Å². The fraction of sp³-hybridized carbons (Fsp3) is 0.542. The third kappa shape index (κ3) is 8.17. The molecule has 0 amide bonds. The minimum absolute atomic E-state index is 0.265. The molecule has 0 unspecified atom stereocenters. The zero-order chi connectivity index (χ0) is 20.9. The summed E-state index contributed by atoms with van der Waals surface area (Å²) < 4.78 is 24.6. The van der Waals surface area contributed by atoms with E-state index in [9.17, 15) is 9.18 Å². The van der Waals surface area contributed by atoms with Gasteiger partial charge in [-0.25, -0.2) is 9.18 Å². The number of hydrogen-bond acceptors (Lipinski definition) is 4. The molecule has 0 N–H and O–H groups in total. The lowest BCUT2D eigenvalue weighted by molar-refractivity contribution is 0.0606. The van der Waals surface area contributed by atoms with Crippen LogP contribution >= 0.6 is 11.3 Å². The summed E-state index contributed by atoms with van der Waals surface area (Å²) >= 11 is 1.10. The molecule has 0 bridgehead atoms. The Labute approximate surface area is 178 Å². The van der Waals surface area contributed by atoms with E-state index in [1.807, 2.05) is 24.3 Å². The van der Waals surface area contributed by atoms with Gasteiger partial charge in [-0.05, 0) is 42.3 Å². The van der Waals surface area contributed by atoms with Gasteiger partial charge in [-0.2, -0.15) is 0 Å². The molecule has 1 aromatic carbocycles. The first-order valence-corrected chi connectivity index (χ1v) is 11.6. The topological polar surface area (TPSA) is 35.5 Å². The molecule has 5 heteroatoms. The fourth-order valence-corrected chi connectivity index (χ4v) is 4.21. The van der Waals surface area contributed by atoms with E-state index in [1.54, 1.807) is 0 Å². The van der Waals surface area contributed by atoms with Crippen LogP contribution in [0.2, 0.25) is 0 Å². The number of rotatable bonds is 14. The summed E-state index contributed by atoms with van der Waals surface area (Å²) in [5.41, 5.74) is 0.730. The molecule has 2 rings (SSSR count). The van der Waals surface area contributed by atoms with E-state index in [1.165, 1.54) is 71.0 Å². The largest absolute Gasteiger partial charge is 0.494 e. The maximum Gasteiger partial charge on any atom is 0.348 e. The van der Waals surface area contributed by atoms with E-state index in [-0.39, 0.29) is 4.88 Å². The van der Waals surface area contributed by atoms with Crippen LogP contribution in [0, 0.1) is 5.82 Å². The lowest BCUT2D eigenvalue weighted by atomic mass is 10.1. The first kappa shape index (κ1) is 23.4. The summed E-state index contributed by atoms with van der Waals surface area (Å²) in [5.74, 6) is -0.138. The molecule has 0 radical (unpaired) electrons. The molecule has 0 aliphatic rings. The highest BCUT2D eigenvalue weighted by Crippen LogP contribution is 2.33. The van der Waals surface area contributed by atoms with Crippen LogP contribution < -0.4 is 4.74 Å². The number of thiophene rings is 1. The second-order valence-electron chi connectivity index (χ2n) is 7.33. The average molecular weight is 421 g/mol. The van der Waals surface area contributed by atoms with Crippen LogP contribution in [-0.2, 0) is 4.74 Å². The van der Waals surface area contributed by atoms with E-state index in [0.717, 1.165) is 29.1 Å². The Hall–Kier alpha value is -1.88. The van der Waals surface area contributed by atoms with Crippen LogP contribution in [0.5, 0.6) is 5.75 Å². The molecule has 0 aliphatic heterocycles. The number of hydrogen-bond donors (Lipinski definition) is 0. The second-order valence-corrected chi connectivity index (χ2v) is 8.39. The molecule has 0 fully saturated rings. The van der Waals surface area contributed by atoms with Crippen molar-refractivity contribution in [2.75, 3.05) is 13.7 Å². The Morgan fingerprint density at radius 2 is 1.52 bits per heavy atom. The Balaban J connectivity index is 1.65. The van der Waals surface area contributed by atoms with Crippen molar-refractivity contribution >= 4 is 17.3 Å². The molecule has 1 heterocycles. The van der Waals surface area contributed by atoms with E-state index in [2.05, 4.69) is 11.7 Å². The molecule has 29 heavy (non-hydrogen) atoms. The molecular weight excluding hydrogens is 387 g/mol. The van der Waals surface area contributed by atoms with E-state index in [0.29, 0.717) is 11.5 Å². The number of ether oxygens (including phenoxy) is 2. The third-order valence-corrected chi connectivity index (χ3v) is 6.10. The van der Waals surface area contributed by atoms with Gasteiger partial charge in [-0.1, -0.05) is 64.7 Å². The molecule has 1 aromatic heterocycles. The lowest BCUT2D eigenvalue weighted by Crippen LogP contribution is -1.97. The Morgan fingerprint density at radius 3 is 2.10 bits per heavy atom. The molecular formula is C24H33FO3S. The van der Waals surface area contributed by atoms with Crippen molar-refractivity contribution in [1.82, 2.24) is 0 Å². The summed E-state index contributed by atoms with van der Waals surface area (Å²) in [6.07, 6.45) is 13.0. The van der Waals surface area contributed by atoms with Crippen LogP contribution in [-0.4, -0.2) is 19.7 Å². The minimum atomic E-state index is -0.517. The SMILES string of the molecule is CCCCCCCCCCCCOc1ccc(-c2sc(C(=O)OC)cc2F)cc1. The van der Waals surface area contributed by atoms with Crippen LogP contribution in [0.15, 0.2) is 30.3 Å². The number of unbranched alkanes of at least 4 members (excludes halogenated alkanes) is 9. The van der Waals surface area contributed by atoms with E-state index in [4.69, 9.17) is 4.74 Å². The van der Waals surface area contributed by atoms with Gasteiger partial charge in [0.2, 0.25) is 0 Å². The lowest BCUT2D eigenvalue weighted by Gasteiger charge is -2.07. The smallest absolute Gasteiger partial charge is 0.348 e. The highest BCUT2D eigenvalue weighted by molar-refractivity contribution is 7.17. The number of methoxy groups -OCH3 is 1. The van der Waals surface area contributed by atoms with Crippen molar-refractivity contribution in [2.24, 2.45) is 0 Å². The first-order valence-electron chi connectivity index (χ1n) is 10.8. The number of halogens is 1. The Bertz CT molecular complexity index is 724. The molecule has 0 saturated carbocycles. The highest BCUT2D eigenvalue weighted by Gasteiger charge is 2.16. The zero-order valence-corrected chi connectivity index (χ0v) is 18.5. The first-order chi connectivity index (χ1) is 14.2. The van der Waals surface area contributed by atoms with Gasteiger partial charge in [-0.3, -0.25) is 0 Å². The second kappa shape index (κ2) is 13.4. The van der Waals surface area contributed by atoms with Crippen LogP contribution in [0.3, 0.4) is 0 Å².